The smallest absolute Gasteiger partial charge is 0.243 e. The van der Waals surface area contributed by atoms with Crippen LogP contribution < -0.4 is 0 Å². The third kappa shape index (κ3) is 4.46. The van der Waals surface area contributed by atoms with E-state index >= 15 is 0 Å². The molecule has 0 aliphatic carbocycles. The predicted molar refractivity (Wildman–Crippen MR) is 101 cm³/mol. The van der Waals surface area contributed by atoms with Crippen LogP contribution in [0, 0.1) is 0 Å². The lowest BCUT2D eigenvalue weighted by Crippen LogP contribution is -2.30. The average molecular weight is 360 g/mol. The fraction of sp³-hybridized carbons (Fsp3) is 0.316. The number of sulfonamides is 1. The van der Waals surface area contributed by atoms with Crippen molar-refractivity contribution in [3.05, 3.63) is 59.7 Å². The summed E-state index contributed by atoms with van der Waals surface area (Å²) in [6, 6.07) is 13.6. The quantitative estimate of drug-likeness (QED) is 0.767. The highest BCUT2D eigenvalue weighted by atomic mass is 32.2. The lowest BCUT2D eigenvalue weighted by atomic mass is 10.1. The number of rotatable bonds is 7. The van der Waals surface area contributed by atoms with Crippen LogP contribution in [0.2, 0.25) is 0 Å². The summed E-state index contributed by atoms with van der Waals surface area (Å²) in [6.07, 6.45) is 1.63. The molecule has 0 unspecified atom stereocenters. The van der Waals surface area contributed by atoms with Gasteiger partial charge in [-0.1, -0.05) is 38.1 Å². The van der Waals surface area contributed by atoms with E-state index in [0.717, 1.165) is 5.56 Å². The van der Waals surface area contributed by atoms with Gasteiger partial charge in [0.25, 0.3) is 0 Å². The third-order valence-corrected chi connectivity index (χ3v) is 6.14. The summed E-state index contributed by atoms with van der Waals surface area (Å²) in [7, 11) is -3.44. The second kappa shape index (κ2) is 8.27. The van der Waals surface area contributed by atoms with Gasteiger partial charge in [0.15, 0.2) is 0 Å². The van der Waals surface area contributed by atoms with Crippen LogP contribution in [0.25, 0.3) is 0 Å². The van der Waals surface area contributed by atoms with Crippen LogP contribution in [0.3, 0.4) is 0 Å². The zero-order valence-electron chi connectivity index (χ0n) is 14.8. The highest BCUT2D eigenvalue weighted by Crippen LogP contribution is 2.22. The molecule has 1 N–H and O–H groups in total. The highest BCUT2D eigenvalue weighted by Gasteiger charge is 2.21. The largest absolute Gasteiger partial charge is 0.507 e. The lowest BCUT2D eigenvalue weighted by molar-refractivity contribution is 0.445. The van der Waals surface area contributed by atoms with E-state index in [0.29, 0.717) is 18.7 Å². The molecule has 1 atom stereocenters. The molecule has 134 valence electrons. The van der Waals surface area contributed by atoms with E-state index < -0.39 is 10.0 Å². The minimum atomic E-state index is -3.44. The molecule has 5 nitrogen and oxygen atoms in total. The molecule has 0 bridgehead atoms. The van der Waals surface area contributed by atoms with Crippen LogP contribution in [0.1, 0.15) is 37.9 Å². The Bertz CT molecular complexity index is 826. The molecule has 0 aliphatic rings. The van der Waals surface area contributed by atoms with Gasteiger partial charge >= 0.3 is 0 Å². The molecule has 0 spiro atoms. The Morgan fingerprint density at radius 3 is 2.24 bits per heavy atom. The van der Waals surface area contributed by atoms with E-state index in [4.69, 9.17) is 0 Å². The number of hydrogen-bond acceptors (Lipinski definition) is 4. The molecule has 25 heavy (non-hydrogen) atoms. The Balaban J connectivity index is 2.18. The van der Waals surface area contributed by atoms with Gasteiger partial charge in [0.2, 0.25) is 10.0 Å². The molecule has 2 aromatic rings. The van der Waals surface area contributed by atoms with Gasteiger partial charge in [-0.25, -0.2) is 8.42 Å². The lowest BCUT2D eigenvalue weighted by Gasteiger charge is -2.18. The number of phenolic OH excluding ortho intramolecular Hbond substituents is 1. The zero-order valence-corrected chi connectivity index (χ0v) is 15.6. The monoisotopic (exact) mass is 360 g/mol. The van der Waals surface area contributed by atoms with Crippen molar-refractivity contribution >= 4 is 16.2 Å². The Kier molecular flexibility index (Phi) is 6.33. The number of phenols is 1. The van der Waals surface area contributed by atoms with Gasteiger partial charge in [0.1, 0.15) is 5.75 Å². The van der Waals surface area contributed by atoms with Gasteiger partial charge in [0.05, 0.1) is 10.9 Å². The van der Waals surface area contributed by atoms with Crippen molar-refractivity contribution in [1.29, 1.82) is 0 Å². The Morgan fingerprint density at radius 1 is 1.08 bits per heavy atom. The topological polar surface area (TPSA) is 70.0 Å². The molecule has 0 amide bonds. The molecule has 0 radical (unpaired) electrons. The normalized spacial score (nSPS) is 13.4. The van der Waals surface area contributed by atoms with Gasteiger partial charge in [0, 0.05) is 24.9 Å². The minimum absolute atomic E-state index is 0.148. The molecule has 6 heteroatoms. The molecule has 0 saturated heterocycles. The first-order valence-electron chi connectivity index (χ1n) is 8.31. The van der Waals surface area contributed by atoms with Crippen molar-refractivity contribution in [3.8, 4) is 5.75 Å². The standard InChI is InChI=1S/C19H24N2O3S/c1-4-21(5-2)25(23,24)18-12-10-16(11-13-18)15(3)20-14-17-8-6-7-9-19(17)22/h6-15,22H,4-5H2,1-3H3/t15-/m1/s1. The summed E-state index contributed by atoms with van der Waals surface area (Å²) < 4.78 is 26.4. The molecule has 2 aromatic carbocycles. The van der Waals surface area contributed by atoms with E-state index in [2.05, 4.69) is 4.99 Å². The van der Waals surface area contributed by atoms with Crippen LogP contribution in [0.5, 0.6) is 5.75 Å². The minimum Gasteiger partial charge on any atom is -0.507 e. The van der Waals surface area contributed by atoms with Gasteiger partial charge in [-0.2, -0.15) is 4.31 Å². The summed E-state index contributed by atoms with van der Waals surface area (Å²) in [6.45, 7) is 6.46. The molecular weight excluding hydrogens is 336 g/mol. The molecular formula is C19H24N2O3S. The fourth-order valence-electron chi connectivity index (χ4n) is 2.51. The maximum Gasteiger partial charge on any atom is 0.243 e. The first-order chi connectivity index (χ1) is 11.9. The number of nitrogens with zero attached hydrogens (tertiary/aromatic N) is 2. The Morgan fingerprint density at radius 2 is 1.68 bits per heavy atom. The van der Waals surface area contributed by atoms with Crippen LogP contribution in [0.4, 0.5) is 0 Å². The number of hydrogen-bond donors (Lipinski definition) is 1. The third-order valence-electron chi connectivity index (χ3n) is 4.08. The number of aromatic hydroxyl groups is 1. The van der Waals surface area contributed by atoms with Gasteiger partial charge in [-0.05, 0) is 36.8 Å². The predicted octanol–water partition coefficient (Wildman–Crippen LogP) is 3.60. The van der Waals surface area contributed by atoms with Crippen LogP contribution in [-0.2, 0) is 10.0 Å². The maximum absolute atomic E-state index is 12.5. The molecule has 0 heterocycles. The van der Waals surface area contributed by atoms with Crippen LogP contribution >= 0.6 is 0 Å². The van der Waals surface area contributed by atoms with Crippen molar-refractivity contribution < 1.29 is 13.5 Å². The van der Waals surface area contributed by atoms with Crippen molar-refractivity contribution in [2.24, 2.45) is 4.99 Å². The second-order valence-electron chi connectivity index (χ2n) is 5.67. The number of benzene rings is 2. The highest BCUT2D eigenvalue weighted by molar-refractivity contribution is 7.89. The molecule has 0 fully saturated rings. The molecule has 0 saturated carbocycles. The van der Waals surface area contributed by atoms with Gasteiger partial charge < -0.3 is 5.11 Å². The average Bonchev–Trinajstić information content (AvgIpc) is 2.61. The first kappa shape index (κ1) is 19.1. The van der Waals surface area contributed by atoms with E-state index in [1.54, 1.807) is 48.7 Å². The summed E-state index contributed by atoms with van der Waals surface area (Å²) in [5, 5.41) is 9.76. The van der Waals surface area contributed by atoms with Crippen molar-refractivity contribution in [1.82, 2.24) is 4.31 Å². The van der Waals surface area contributed by atoms with E-state index in [-0.39, 0.29) is 16.7 Å². The second-order valence-corrected chi connectivity index (χ2v) is 7.61. The summed E-state index contributed by atoms with van der Waals surface area (Å²) in [5.41, 5.74) is 1.56. The molecule has 0 aliphatic heterocycles. The molecule has 2 rings (SSSR count). The summed E-state index contributed by atoms with van der Waals surface area (Å²) in [4.78, 5) is 4.73. The fourth-order valence-corrected chi connectivity index (χ4v) is 3.96. The van der Waals surface area contributed by atoms with Gasteiger partial charge in [-0.3, -0.25) is 4.99 Å². The SMILES string of the molecule is CCN(CC)S(=O)(=O)c1ccc([C@@H](C)N=Cc2ccccc2O)cc1. The number of aliphatic imine (C=N–C) groups is 1. The number of para-hydroxylation sites is 1. The molecule has 0 aromatic heterocycles. The van der Waals surface area contributed by atoms with Crippen molar-refractivity contribution in [2.75, 3.05) is 13.1 Å². The van der Waals surface area contributed by atoms with Crippen LogP contribution in [0.15, 0.2) is 58.4 Å². The van der Waals surface area contributed by atoms with E-state index in [1.165, 1.54) is 4.31 Å². The van der Waals surface area contributed by atoms with Crippen molar-refractivity contribution in [3.63, 3.8) is 0 Å². The Hall–Kier alpha value is -2.18. The first-order valence-corrected chi connectivity index (χ1v) is 9.75. The van der Waals surface area contributed by atoms with Crippen LogP contribution in [-0.4, -0.2) is 37.1 Å². The van der Waals surface area contributed by atoms with E-state index in [1.807, 2.05) is 26.8 Å². The van der Waals surface area contributed by atoms with Crippen molar-refractivity contribution in [2.45, 2.75) is 31.7 Å². The maximum atomic E-state index is 12.5. The summed E-state index contributed by atoms with van der Waals surface area (Å²) >= 11 is 0. The van der Waals surface area contributed by atoms with E-state index in [9.17, 15) is 13.5 Å². The van der Waals surface area contributed by atoms with Gasteiger partial charge in [-0.15, -0.1) is 0 Å². The Labute approximate surface area is 149 Å². The zero-order chi connectivity index (χ0) is 18.4. The summed E-state index contributed by atoms with van der Waals surface area (Å²) in [5.74, 6) is 0.180.